The number of hydrogen-bond donors (Lipinski definition) is 1. The Labute approximate surface area is 79.2 Å². The molecular formula is C9H18N2O2. The SMILES string of the molecule is CC1OCCC1NN1CCOCC1. The highest BCUT2D eigenvalue weighted by Crippen LogP contribution is 2.13. The van der Waals surface area contributed by atoms with Crippen LogP contribution in [-0.4, -0.2) is 50.1 Å². The van der Waals surface area contributed by atoms with E-state index in [4.69, 9.17) is 9.47 Å². The van der Waals surface area contributed by atoms with E-state index in [-0.39, 0.29) is 0 Å². The van der Waals surface area contributed by atoms with Gasteiger partial charge in [0, 0.05) is 25.7 Å². The third kappa shape index (κ3) is 2.40. The molecule has 0 aliphatic carbocycles. The van der Waals surface area contributed by atoms with Crippen LogP contribution in [0.4, 0.5) is 0 Å². The molecule has 0 aromatic heterocycles. The molecule has 0 radical (unpaired) electrons. The molecule has 2 saturated heterocycles. The Kier molecular flexibility index (Phi) is 3.16. The number of nitrogens with one attached hydrogen (secondary N) is 1. The average molecular weight is 186 g/mol. The van der Waals surface area contributed by atoms with E-state index < -0.39 is 0 Å². The van der Waals surface area contributed by atoms with Gasteiger partial charge in [-0.3, -0.25) is 0 Å². The molecule has 4 heteroatoms. The van der Waals surface area contributed by atoms with Crippen molar-refractivity contribution in [3.05, 3.63) is 0 Å². The van der Waals surface area contributed by atoms with Crippen LogP contribution in [0.1, 0.15) is 13.3 Å². The first-order valence-electron chi connectivity index (χ1n) is 5.07. The fraction of sp³-hybridized carbons (Fsp3) is 1.00. The summed E-state index contributed by atoms with van der Waals surface area (Å²) in [6.07, 6.45) is 1.47. The molecule has 4 nitrogen and oxygen atoms in total. The van der Waals surface area contributed by atoms with E-state index >= 15 is 0 Å². The molecule has 0 spiro atoms. The summed E-state index contributed by atoms with van der Waals surface area (Å²) in [7, 11) is 0. The van der Waals surface area contributed by atoms with Gasteiger partial charge in [0.05, 0.1) is 19.3 Å². The van der Waals surface area contributed by atoms with Crippen LogP contribution in [-0.2, 0) is 9.47 Å². The molecule has 0 aromatic rings. The van der Waals surface area contributed by atoms with Crippen molar-refractivity contribution in [2.75, 3.05) is 32.9 Å². The van der Waals surface area contributed by atoms with Crippen molar-refractivity contribution in [1.82, 2.24) is 10.4 Å². The Balaban J connectivity index is 1.75. The van der Waals surface area contributed by atoms with E-state index in [1.807, 2.05) is 0 Å². The van der Waals surface area contributed by atoms with Crippen LogP contribution < -0.4 is 5.43 Å². The molecule has 0 saturated carbocycles. The lowest BCUT2D eigenvalue weighted by atomic mass is 10.2. The fourth-order valence-electron chi connectivity index (χ4n) is 1.83. The Hall–Kier alpha value is -0.160. The van der Waals surface area contributed by atoms with Crippen LogP contribution >= 0.6 is 0 Å². The quantitative estimate of drug-likeness (QED) is 0.658. The zero-order chi connectivity index (χ0) is 9.10. The van der Waals surface area contributed by atoms with Crippen LogP contribution in [0.25, 0.3) is 0 Å². The average Bonchev–Trinajstić information content (AvgIpc) is 2.54. The standard InChI is InChI=1S/C9H18N2O2/c1-8-9(2-5-13-8)10-11-3-6-12-7-4-11/h8-10H,2-7H2,1H3. The van der Waals surface area contributed by atoms with Gasteiger partial charge in [-0.2, -0.15) is 0 Å². The van der Waals surface area contributed by atoms with Crippen molar-refractivity contribution in [3.63, 3.8) is 0 Å². The van der Waals surface area contributed by atoms with E-state index in [1.165, 1.54) is 0 Å². The van der Waals surface area contributed by atoms with Gasteiger partial charge in [-0.25, -0.2) is 10.4 Å². The summed E-state index contributed by atoms with van der Waals surface area (Å²) >= 11 is 0. The number of hydrazine groups is 1. The van der Waals surface area contributed by atoms with Gasteiger partial charge >= 0.3 is 0 Å². The minimum atomic E-state index is 0.350. The van der Waals surface area contributed by atoms with Gasteiger partial charge in [0.2, 0.25) is 0 Å². The highest BCUT2D eigenvalue weighted by molar-refractivity contribution is 4.78. The van der Waals surface area contributed by atoms with Crippen molar-refractivity contribution < 1.29 is 9.47 Å². The topological polar surface area (TPSA) is 33.7 Å². The van der Waals surface area contributed by atoms with Crippen molar-refractivity contribution in [1.29, 1.82) is 0 Å². The molecule has 1 N–H and O–H groups in total. The third-order valence-electron chi connectivity index (χ3n) is 2.74. The molecule has 2 fully saturated rings. The molecule has 13 heavy (non-hydrogen) atoms. The van der Waals surface area contributed by atoms with E-state index in [9.17, 15) is 0 Å². The first-order chi connectivity index (χ1) is 6.36. The Bertz CT molecular complexity index is 160. The van der Waals surface area contributed by atoms with Gasteiger partial charge < -0.3 is 9.47 Å². The van der Waals surface area contributed by atoms with Gasteiger partial charge in [0.15, 0.2) is 0 Å². The fourth-order valence-corrected chi connectivity index (χ4v) is 1.83. The molecular weight excluding hydrogens is 168 g/mol. The summed E-state index contributed by atoms with van der Waals surface area (Å²) in [6.45, 7) is 6.69. The Morgan fingerprint density at radius 2 is 2.00 bits per heavy atom. The maximum atomic E-state index is 5.49. The number of rotatable bonds is 2. The van der Waals surface area contributed by atoms with Crippen LogP contribution in [0, 0.1) is 0 Å². The van der Waals surface area contributed by atoms with Crippen molar-refractivity contribution >= 4 is 0 Å². The summed E-state index contributed by atoms with van der Waals surface area (Å²) < 4.78 is 10.8. The summed E-state index contributed by atoms with van der Waals surface area (Å²) in [5.74, 6) is 0. The summed E-state index contributed by atoms with van der Waals surface area (Å²) in [6, 6.07) is 0.498. The Morgan fingerprint density at radius 1 is 1.23 bits per heavy atom. The van der Waals surface area contributed by atoms with Crippen molar-refractivity contribution in [3.8, 4) is 0 Å². The maximum Gasteiger partial charge on any atom is 0.0714 e. The molecule has 2 aliphatic rings. The second-order valence-corrected chi connectivity index (χ2v) is 3.70. The first kappa shape index (κ1) is 9.40. The van der Waals surface area contributed by atoms with Gasteiger partial charge in [-0.15, -0.1) is 0 Å². The number of morpholine rings is 1. The zero-order valence-electron chi connectivity index (χ0n) is 8.16. The molecule has 2 unspecified atom stereocenters. The van der Waals surface area contributed by atoms with E-state index in [1.54, 1.807) is 0 Å². The largest absolute Gasteiger partial charge is 0.379 e. The van der Waals surface area contributed by atoms with Gasteiger partial charge in [-0.05, 0) is 13.3 Å². The number of nitrogens with zero attached hydrogens (tertiary/aromatic N) is 1. The summed E-state index contributed by atoms with van der Waals surface area (Å²) in [5, 5.41) is 2.25. The molecule has 2 rings (SSSR count). The highest BCUT2D eigenvalue weighted by atomic mass is 16.5. The van der Waals surface area contributed by atoms with E-state index in [0.717, 1.165) is 39.3 Å². The van der Waals surface area contributed by atoms with Crippen molar-refractivity contribution in [2.24, 2.45) is 0 Å². The smallest absolute Gasteiger partial charge is 0.0714 e. The molecule has 2 heterocycles. The van der Waals surface area contributed by atoms with Gasteiger partial charge in [0.25, 0.3) is 0 Å². The van der Waals surface area contributed by atoms with Crippen LogP contribution in [0.5, 0.6) is 0 Å². The predicted molar refractivity (Wildman–Crippen MR) is 49.3 cm³/mol. The third-order valence-corrected chi connectivity index (χ3v) is 2.74. The van der Waals surface area contributed by atoms with E-state index in [0.29, 0.717) is 12.1 Å². The highest BCUT2D eigenvalue weighted by Gasteiger charge is 2.26. The maximum absolute atomic E-state index is 5.49. The molecule has 0 amide bonds. The molecule has 76 valence electrons. The molecule has 0 bridgehead atoms. The lowest BCUT2D eigenvalue weighted by molar-refractivity contribution is -0.00414. The second-order valence-electron chi connectivity index (χ2n) is 3.70. The predicted octanol–water partition coefficient (Wildman–Crippen LogP) is 0.000600. The molecule has 2 aliphatic heterocycles. The van der Waals surface area contributed by atoms with Gasteiger partial charge in [-0.1, -0.05) is 0 Å². The number of hydrogen-bond acceptors (Lipinski definition) is 4. The second kappa shape index (κ2) is 4.37. The van der Waals surface area contributed by atoms with Crippen LogP contribution in [0.2, 0.25) is 0 Å². The monoisotopic (exact) mass is 186 g/mol. The lowest BCUT2D eigenvalue weighted by Gasteiger charge is -2.31. The minimum absolute atomic E-state index is 0.350. The zero-order valence-corrected chi connectivity index (χ0v) is 8.16. The molecule has 2 atom stereocenters. The summed E-state index contributed by atoms with van der Waals surface area (Å²) in [4.78, 5) is 0. The van der Waals surface area contributed by atoms with E-state index in [2.05, 4.69) is 17.4 Å². The van der Waals surface area contributed by atoms with Crippen LogP contribution in [0.15, 0.2) is 0 Å². The van der Waals surface area contributed by atoms with Crippen LogP contribution in [0.3, 0.4) is 0 Å². The Morgan fingerprint density at radius 3 is 2.62 bits per heavy atom. The van der Waals surface area contributed by atoms with Gasteiger partial charge in [0.1, 0.15) is 0 Å². The normalized spacial score (nSPS) is 36.7. The summed E-state index contributed by atoms with van der Waals surface area (Å²) in [5.41, 5.74) is 3.50. The number of ether oxygens (including phenoxy) is 2. The first-order valence-corrected chi connectivity index (χ1v) is 5.07. The van der Waals surface area contributed by atoms with Crippen molar-refractivity contribution in [2.45, 2.75) is 25.5 Å². The minimum Gasteiger partial charge on any atom is -0.379 e. The molecule has 0 aromatic carbocycles. The lowest BCUT2D eigenvalue weighted by Crippen LogP contribution is -2.51.